The van der Waals surface area contributed by atoms with Crippen LogP contribution in [0.2, 0.25) is 0 Å². The number of rotatable bonds is 6. The summed E-state index contributed by atoms with van der Waals surface area (Å²) in [7, 11) is -2.20. The molecule has 0 atom stereocenters. The van der Waals surface area contributed by atoms with Crippen molar-refractivity contribution >= 4 is 27.2 Å². The molecule has 1 heterocycles. The Morgan fingerprint density at radius 3 is 2.23 bits per heavy atom. The summed E-state index contributed by atoms with van der Waals surface area (Å²) >= 11 is 0. The average Bonchev–Trinajstić information content (AvgIpc) is 2.64. The van der Waals surface area contributed by atoms with Gasteiger partial charge in [0.15, 0.2) is 5.82 Å². The fraction of sp³-hybridized carbons (Fsp3) is 0.105. The molecule has 26 heavy (non-hydrogen) atoms. The van der Waals surface area contributed by atoms with Crippen molar-refractivity contribution in [2.24, 2.45) is 0 Å². The number of nitrogens with zero attached hydrogens (tertiary/aromatic N) is 1. The Morgan fingerprint density at radius 2 is 1.58 bits per heavy atom. The molecule has 7 heteroatoms. The van der Waals surface area contributed by atoms with Gasteiger partial charge in [-0.05, 0) is 55.5 Å². The number of aryl methyl sites for hydroxylation is 1. The van der Waals surface area contributed by atoms with Crippen molar-refractivity contribution in [1.82, 2.24) is 4.98 Å². The van der Waals surface area contributed by atoms with Crippen molar-refractivity contribution < 1.29 is 13.2 Å². The third-order valence-corrected chi connectivity index (χ3v) is 5.13. The third-order valence-electron chi connectivity index (χ3n) is 3.72. The molecule has 0 bridgehead atoms. The van der Waals surface area contributed by atoms with E-state index < -0.39 is 10.0 Å². The molecule has 0 saturated carbocycles. The van der Waals surface area contributed by atoms with Crippen LogP contribution in [0.25, 0.3) is 0 Å². The van der Waals surface area contributed by atoms with Crippen LogP contribution in [-0.2, 0) is 10.0 Å². The number of hydrogen-bond donors (Lipinski definition) is 2. The van der Waals surface area contributed by atoms with Crippen molar-refractivity contribution in [3.05, 3.63) is 72.4 Å². The van der Waals surface area contributed by atoms with Gasteiger partial charge in [0.2, 0.25) is 0 Å². The van der Waals surface area contributed by atoms with Crippen molar-refractivity contribution in [3.8, 4) is 5.75 Å². The Labute approximate surface area is 152 Å². The fourth-order valence-corrected chi connectivity index (χ4v) is 3.52. The fourth-order valence-electron chi connectivity index (χ4n) is 2.34. The summed E-state index contributed by atoms with van der Waals surface area (Å²) in [6.07, 6.45) is 1.54. The molecule has 0 unspecified atom stereocenters. The van der Waals surface area contributed by atoms with Crippen LogP contribution < -0.4 is 14.8 Å². The quantitative estimate of drug-likeness (QED) is 0.688. The van der Waals surface area contributed by atoms with Gasteiger partial charge in [0.1, 0.15) is 10.6 Å². The maximum atomic E-state index is 12.8. The molecule has 0 aliphatic heterocycles. The summed E-state index contributed by atoms with van der Waals surface area (Å²) in [4.78, 5) is 4.24. The first-order valence-electron chi connectivity index (χ1n) is 7.93. The van der Waals surface area contributed by atoms with Crippen LogP contribution >= 0.6 is 0 Å². The van der Waals surface area contributed by atoms with Crippen LogP contribution in [0.15, 0.2) is 71.8 Å². The molecule has 0 amide bonds. The van der Waals surface area contributed by atoms with Gasteiger partial charge < -0.3 is 10.1 Å². The number of hydrogen-bond acceptors (Lipinski definition) is 5. The topological polar surface area (TPSA) is 80.3 Å². The van der Waals surface area contributed by atoms with Gasteiger partial charge in [-0.2, -0.15) is 0 Å². The number of benzene rings is 2. The lowest BCUT2D eigenvalue weighted by Crippen LogP contribution is -2.15. The van der Waals surface area contributed by atoms with Crippen LogP contribution in [0, 0.1) is 6.92 Å². The van der Waals surface area contributed by atoms with Gasteiger partial charge in [0.05, 0.1) is 7.11 Å². The minimum atomic E-state index is -3.79. The second-order valence-corrected chi connectivity index (χ2v) is 7.33. The first-order valence-corrected chi connectivity index (χ1v) is 9.42. The number of pyridine rings is 1. The first kappa shape index (κ1) is 17.8. The molecule has 3 rings (SSSR count). The predicted molar refractivity (Wildman–Crippen MR) is 103 cm³/mol. The van der Waals surface area contributed by atoms with Crippen molar-refractivity contribution in [3.63, 3.8) is 0 Å². The van der Waals surface area contributed by atoms with E-state index in [1.807, 2.05) is 19.1 Å². The van der Waals surface area contributed by atoms with E-state index in [4.69, 9.17) is 4.74 Å². The summed E-state index contributed by atoms with van der Waals surface area (Å²) in [5, 5.41) is 3.04. The Balaban J connectivity index is 1.88. The van der Waals surface area contributed by atoms with Crippen molar-refractivity contribution in [2.45, 2.75) is 11.8 Å². The zero-order valence-electron chi connectivity index (χ0n) is 14.4. The number of aromatic nitrogens is 1. The lowest BCUT2D eigenvalue weighted by atomic mass is 10.2. The van der Waals surface area contributed by atoms with Crippen LogP contribution in [0.4, 0.5) is 17.2 Å². The zero-order chi connectivity index (χ0) is 18.6. The van der Waals surface area contributed by atoms with Gasteiger partial charge in [-0.25, -0.2) is 13.4 Å². The van der Waals surface area contributed by atoms with E-state index in [0.29, 0.717) is 17.1 Å². The number of methoxy groups -OCH3 is 1. The predicted octanol–water partition coefficient (Wildman–Crippen LogP) is 3.94. The smallest absolute Gasteiger partial charge is 0.265 e. The van der Waals surface area contributed by atoms with Crippen LogP contribution in [0.5, 0.6) is 5.75 Å². The molecule has 0 aliphatic rings. The van der Waals surface area contributed by atoms with E-state index >= 15 is 0 Å². The summed E-state index contributed by atoms with van der Waals surface area (Å²) in [6.45, 7) is 1.94. The molecule has 6 nitrogen and oxygen atoms in total. The van der Waals surface area contributed by atoms with Gasteiger partial charge in [-0.15, -0.1) is 0 Å². The van der Waals surface area contributed by atoms with Gasteiger partial charge in [-0.1, -0.05) is 17.7 Å². The molecular weight excluding hydrogens is 350 g/mol. The summed E-state index contributed by atoms with van der Waals surface area (Å²) in [6, 6.07) is 17.4. The van der Waals surface area contributed by atoms with Gasteiger partial charge in [0, 0.05) is 17.6 Å². The highest BCUT2D eigenvalue weighted by molar-refractivity contribution is 7.92. The number of sulfonamides is 1. The third kappa shape index (κ3) is 4.12. The molecule has 134 valence electrons. The number of ether oxygens (including phenoxy) is 1. The maximum Gasteiger partial charge on any atom is 0.265 e. The molecule has 0 fully saturated rings. The Bertz CT molecular complexity index is 985. The number of anilines is 3. The zero-order valence-corrected chi connectivity index (χ0v) is 15.2. The van der Waals surface area contributed by atoms with Gasteiger partial charge in [0.25, 0.3) is 10.0 Å². The minimum Gasteiger partial charge on any atom is -0.497 e. The molecule has 3 aromatic rings. The van der Waals surface area contributed by atoms with Gasteiger partial charge in [-0.3, -0.25) is 4.72 Å². The van der Waals surface area contributed by atoms with Crippen LogP contribution in [0.3, 0.4) is 0 Å². The van der Waals surface area contributed by atoms with E-state index in [0.717, 1.165) is 5.56 Å². The Kier molecular flexibility index (Phi) is 5.09. The summed E-state index contributed by atoms with van der Waals surface area (Å²) in [5.74, 6) is 0.961. The molecule has 0 radical (unpaired) electrons. The lowest BCUT2D eigenvalue weighted by Gasteiger charge is -2.13. The van der Waals surface area contributed by atoms with E-state index in [1.165, 1.54) is 12.3 Å². The minimum absolute atomic E-state index is 0.0661. The second-order valence-electron chi connectivity index (χ2n) is 5.68. The average molecular weight is 369 g/mol. The van der Waals surface area contributed by atoms with E-state index in [-0.39, 0.29) is 10.7 Å². The van der Waals surface area contributed by atoms with E-state index in [9.17, 15) is 8.42 Å². The highest BCUT2D eigenvalue weighted by Crippen LogP contribution is 2.25. The summed E-state index contributed by atoms with van der Waals surface area (Å²) in [5.41, 5.74) is 2.25. The van der Waals surface area contributed by atoms with Crippen LogP contribution in [0.1, 0.15) is 5.56 Å². The Hall–Kier alpha value is -3.06. The summed E-state index contributed by atoms with van der Waals surface area (Å²) < 4.78 is 33.3. The SMILES string of the molecule is COc1ccc(Nc2ncccc2S(=O)(=O)Nc2ccc(C)cc2)cc1. The molecule has 0 aliphatic carbocycles. The molecule has 0 spiro atoms. The largest absolute Gasteiger partial charge is 0.497 e. The van der Waals surface area contributed by atoms with E-state index in [2.05, 4.69) is 15.0 Å². The van der Waals surface area contributed by atoms with Crippen molar-refractivity contribution in [1.29, 1.82) is 0 Å². The van der Waals surface area contributed by atoms with E-state index in [1.54, 1.807) is 49.6 Å². The molecule has 0 saturated heterocycles. The maximum absolute atomic E-state index is 12.8. The van der Waals surface area contributed by atoms with Crippen LogP contribution in [-0.4, -0.2) is 20.5 Å². The monoisotopic (exact) mass is 369 g/mol. The molecule has 2 aromatic carbocycles. The normalized spacial score (nSPS) is 11.0. The standard InChI is InChI=1S/C19H19N3O3S/c1-14-5-7-16(8-6-14)22-26(23,24)18-4-3-13-20-19(18)21-15-9-11-17(25-2)12-10-15/h3-13,22H,1-2H3,(H,20,21). The molecule has 1 aromatic heterocycles. The molecular formula is C19H19N3O3S. The highest BCUT2D eigenvalue weighted by atomic mass is 32.2. The second kappa shape index (κ2) is 7.45. The number of nitrogens with one attached hydrogen (secondary N) is 2. The molecule has 2 N–H and O–H groups in total. The first-order chi connectivity index (χ1) is 12.5. The van der Waals surface area contributed by atoms with Gasteiger partial charge >= 0.3 is 0 Å². The lowest BCUT2D eigenvalue weighted by molar-refractivity contribution is 0.415. The highest BCUT2D eigenvalue weighted by Gasteiger charge is 2.19. The Morgan fingerprint density at radius 1 is 0.923 bits per heavy atom. The van der Waals surface area contributed by atoms with Crippen molar-refractivity contribution in [2.75, 3.05) is 17.1 Å².